The van der Waals surface area contributed by atoms with Crippen LogP contribution < -0.4 is 5.32 Å². The van der Waals surface area contributed by atoms with Crippen molar-refractivity contribution in [3.63, 3.8) is 0 Å². The van der Waals surface area contributed by atoms with Gasteiger partial charge in [-0.1, -0.05) is 0 Å². The van der Waals surface area contributed by atoms with Crippen LogP contribution in [0.3, 0.4) is 0 Å². The van der Waals surface area contributed by atoms with Crippen molar-refractivity contribution in [2.24, 2.45) is 0 Å². The predicted molar refractivity (Wildman–Crippen MR) is 60.0 cm³/mol. The summed E-state index contributed by atoms with van der Waals surface area (Å²) >= 11 is 2.11. The first-order chi connectivity index (χ1) is 6.68. The molecule has 0 saturated heterocycles. The molecule has 0 unspecified atom stereocenters. The Bertz CT molecular complexity index is 298. The van der Waals surface area contributed by atoms with Gasteiger partial charge in [-0.15, -0.1) is 0 Å². The lowest BCUT2D eigenvalue weighted by atomic mass is 10.3. The summed E-state index contributed by atoms with van der Waals surface area (Å²) in [4.78, 5) is 10.2. The number of furan rings is 1. The lowest BCUT2D eigenvalue weighted by Gasteiger charge is -2.00. The fourth-order valence-corrected chi connectivity index (χ4v) is 1.49. The molecule has 5 heteroatoms. The average molecular weight is 309 g/mol. The molecular weight excluding hydrogens is 297 g/mol. The van der Waals surface area contributed by atoms with Gasteiger partial charge in [-0.25, -0.2) is 0 Å². The van der Waals surface area contributed by atoms with Crippen LogP contribution in [0.5, 0.6) is 0 Å². The third kappa shape index (κ3) is 4.61. The Labute approximate surface area is 95.8 Å². The number of rotatable bonds is 6. The summed E-state index contributed by atoms with van der Waals surface area (Å²) in [6, 6.07) is 3.81. The van der Waals surface area contributed by atoms with Gasteiger partial charge in [0.15, 0.2) is 3.77 Å². The molecule has 1 aromatic heterocycles. The van der Waals surface area contributed by atoms with Crippen LogP contribution in [0.4, 0.5) is 0 Å². The van der Waals surface area contributed by atoms with Crippen LogP contribution in [0.15, 0.2) is 16.5 Å². The minimum atomic E-state index is -0.751. The zero-order chi connectivity index (χ0) is 10.4. The lowest BCUT2D eigenvalue weighted by molar-refractivity contribution is -0.137. The molecule has 0 atom stereocenters. The first kappa shape index (κ1) is 11.5. The minimum absolute atomic E-state index is 0.211. The van der Waals surface area contributed by atoms with Crippen LogP contribution in [-0.2, 0) is 11.3 Å². The topological polar surface area (TPSA) is 62.5 Å². The Morgan fingerprint density at radius 1 is 1.57 bits per heavy atom. The highest BCUT2D eigenvalue weighted by molar-refractivity contribution is 14.1. The molecule has 0 aliphatic heterocycles. The van der Waals surface area contributed by atoms with Crippen LogP contribution in [0.25, 0.3) is 0 Å². The van der Waals surface area contributed by atoms with E-state index in [0.717, 1.165) is 9.53 Å². The van der Waals surface area contributed by atoms with E-state index in [1.165, 1.54) is 0 Å². The molecule has 0 radical (unpaired) electrons. The Morgan fingerprint density at radius 3 is 2.93 bits per heavy atom. The van der Waals surface area contributed by atoms with E-state index in [4.69, 9.17) is 9.52 Å². The first-order valence-electron chi connectivity index (χ1n) is 4.35. The molecule has 1 aromatic rings. The van der Waals surface area contributed by atoms with Gasteiger partial charge >= 0.3 is 5.97 Å². The van der Waals surface area contributed by atoms with E-state index in [-0.39, 0.29) is 6.42 Å². The maximum Gasteiger partial charge on any atom is 0.303 e. The van der Waals surface area contributed by atoms with Gasteiger partial charge in [0.1, 0.15) is 5.76 Å². The highest BCUT2D eigenvalue weighted by atomic mass is 127. The van der Waals surface area contributed by atoms with Crippen molar-refractivity contribution < 1.29 is 14.3 Å². The monoisotopic (exact) mass is 309 g/mol. The molecule has 78 valence electrons. The van der Waals surface area contributed by atoms with E-state index in [1.807, 2.05) is 12.1 Å². The minimum Gasteiger partial charge on any atom is -0.481 e. The van der Waals surface area contributed by atoms with Crippen LogP contribution in [0, 0.1) is 3.77 Å². The number of carboxylic acids is 1. The van der Waals surface area contributed by atoms with Gasteiger partial charge in [-0.05, 0) is 47.7 Å². The summed E-state index contributed by atoms with van der Waals surface area (Å²) in [5.74, 6) is 0.129. The molecule has 2 N–H and O–H groups in total. The number of carbonyl (C=O) groups is 1. The molecule has 0 aliphatic carbocycles. The van der Waals surface area contributed by atoms with Crippen molar-refractivity contribution in [1.82, 2.24) is 5.32 Å². The van der Waals surface area contributed by atoms with Crippen molar-refractivity contribution in [2.75, 3.05) is 6.54 Å². The van der Waals surface area contributed by atoms with Crippen LogP contribution >= 0.6 is 22.6 Å². The van der Waals surface area contributed by atoms with E-state index in [0.29, 0.717) is 19.5 Å². The van der Waals surface area contributed by atoms with E-state index < -0.39 is 5.97 Å². The molecule has 0 bridgehead atoms. The summed E-state index contributed by atoms with van der Waals surface area (Å²) in [5.41, 5.74) is 0. The Hall–Kier alpha value is -0.560. The van der Waals surface area contributed by atoms with Crippen molar-refractivity contribution in [1.29, 1.82) is 0 Å². The van der Waals surface area contributed by atoms with E-state index in [9.17, 15) is 4.79 Å². The second-order valence-electron chi connectivity index (χ2n) is 2.88. The third-order valence-corrected chi connectivity index (χ3v) is 2.25. The van der Waals surface area contributed by atoms with Crippen LogP contribution in [0.1, 0.15) is 18.6 Å². The summed E-state index contributed by atoms with van der Waals surface area (Å²) in [5, 5.41) is 11.5. The average Bonchev–Trinajstić information content (AvgIpc) is 2.50. The van der Waals surface area contributed by atoms with E-state index in [1.54, 1.807) is 0 Å². The molecule has 1 rings (SSSR count). The van der Waals surface area contributed by atoms with Gasteiger partial charge in [0.05, 0.1) is 6.54 Å². The second-order valence-corrected chi connectivity index (χ2v) is 3.94. The summed E-state index contributed by atoms with van der Waals surface area (Å²) in [6.07, 6.45) is 0.857. The maximum atomic E-state index is 10.2. The molecule has 1 heterocycles. The number of hydrogen-bond donors (Lipinski definition) is 2. The molecule has 0 aromatic carbocycles. The van der Waals surface area contributed by atoms with Crippen molar-refractivity contribution in [2.45, 2.75) is 19.4 Å². The number of carboxylic acid groups (broad SMARTS) is 1. The van der Waals surface area contributed by atoms with Gasteiger partial charge < -0.3 is 14.8 Å². The number of nitrogens with one attached hydrogen (secondary N) is 1. The lowest BCUT2D eigenvalue weighted by Crippen LogP contribution is -2.15. The Morgan fingerprint density at radius 2 is 2.36 bits per heavy atom. The van der Waals surface area contributed by atoms with Crippen molar-refractivity contribution >= 4 is 28.6 Å². The van der Waals surface area contributed by atoms with Crippen LogP contribution in [-0.4, -0.2) is 17.6 Å². The number of halogens is 1. The molecule has 0 spiro atoms. The quantitative estimate of drug-likeness (QED) is 0.622. The summed E-state index contributed by atoms with van der Waals surface area (Å²) < 4.78 is 6.18. The molecule has 0 saturated carbocycles. The molecule has 0 aliphatic rings. The van der Waals surface area contributed by atoms with Gasteiger partial charge in [0, 0.05) is 6.42 Å². The highest BCUT2D eigenvalue weighted by Crippen LogP contribution is 2.09. The molecule has 0 amide bonds. The second kappa shape index (κ2) is 6.02. The highest BCUT2D eigenvalue weighted by Gasteiger charge is 1.99. The van der Waals surface area contributed by atoms with Gasteiger partial charge in [0.25, 0.3) is 0 Å². The fraction of sp³-hybridized carbons (Fsp3) is 0.444. The van der Waals surface area contributed by atoms with Gasteiger partial charge in [-0.3, -0.25) is 4.79 Å². The van der Waals surface area contributed by atoms with Gasteiger partial charge in [0.2, 0.25) is 0 Å². The van der Waals surface area contributed by atoms with Gasteiger partial charge in [-0.2, -0.15) is 0 Å². The molecular formula is C9H12INO3. The Balaban J connectivity index is 2.07. The smallest absolute Gasteiger partial charge is 0.303 e. The maximum absolute atomic E-state index is 10.2. The molecule has 0 fully saturated rings. The molecule has 4 nitrogen and oxygen atoms in total. The van der Waals surface area contributed by atoms with Crippen molar-refractivity contribution in [3.8, 4) is 0 Å². The standard InChI is InChI=1S/C9H12INO3/c10-8-4-3-7(14-8)6-11-5-1-2-9(12)13/h3-4,11H,1-2,5-6H2,(H,12,13). The third-order valence-electron chi connectivity index (χ3n) is 1.67. The normalized spacial score (nSPS) is 10.4. The first-order valence-corrected chi connectivity index (χ1v) is 5.43. The largest absolute Gasteiger partial charge is 0.481 e. The molecule has 14 heavy (non-hydrogen) atoms. The zero-order valence-corrected chi connectivity index (χ0v) is 9.78. The summed E-state index contributed by atoms with van der Waals surface area (Å²) in [7, 11) is 0. The Kier molecular flexibility index (Phi) is 4.95. The van der Waals surface area contributed by atoms with Crippen LogP contribution in [0.2, 0.25) is 0 Å². The van der Waals surface area contributed by atoms with E-state index in [2.05, 4.69) is 27.9 Å². The summed E-state index contributed by atoms with van der Waals surface area (Å²) in [6.45, 7) is 1.35. The number of hydrogen-bond acceptors (Lipinski definition) is 3. The SMILES string of the molecule is O=C(O)CCCNCc1ccc(I)o1. The number of aliphatic carboxylic acids is 1. The fourth-order valence-electron chi connectivity index (χ4n) is 1.02. The van der Waals surface area contributed by atoms with Crippen molar-refractivity contribution in [3.05, 3.63) is 21.7 Å². The zero-order valence-electron chi connectivity index (χ0n) is 7.62. The predicted octanol–water partition coefficient (Wildman–Crippen LogP) is 1.84. The van der Waals surface area contributed by atoms with E-state index >= 15 is 0 Å².